The van der Waals surface area contributed by atoms with E-state index in [-0.39, 0.29) is 29.2 Å². The molecule has 0 aliphatic heterocycles. The van der Waals surface area contributed by atoms with E-state index in [9.17, 15) is 9.59 Å². The molecule has 0 rings (SSSR count). The Balaban J connectivity index is 3.99. The van der Waals surface area contributed by atoms with Gasteiger partial charge in [0.25, 0.3) is 0 Å². The number of carbonyl (C=O) groups is 2. The molecule has 5 nitrogen and oxygen atoms in total. The second-order valence-electron chi connectivity index (χ2n) is 6.68. The van der Waals surface area contributed by atoms with Crippen LogP contribution in [0.2, 0.25) is 0 Å². The molecule has 106 valence electrons. The predicted octanol–water partition coefficient (Wildman–Crippen LogP) is 0.781. The Hall–Kier alpha value is -1.10. The fraction of sp³-hybridized carbons (Fsp3) is 0.846. The molecule has 0 saturated heterocycles. The molecule has 0 aromatic heterocycles. The highest BCUT2D eigenvalue weighted by Gasteiger charge is 2.27. The van der Waals surface area contributed by atoms with Gasteiger partial charge in [-0.2, -0.15) is 0 Å². The van der Waals surface area contributed by atoms with Crippen molar-refractivity contribution in [3.8, 4) is 0 Å². The Labute approximate surface area is 110 Å². The summed E-state index contributed by atoms with van der Waals surface area (Å²) < 4.78 is 0. The van der Waals surface area contributed by atoms with Crippen LogP contribution in [0.5, 0.6) is 0 Å². The van der Waals surface area contributed by atoms with Gasteiger partial charge in [0.15, 0.2) is 0 Å². The third-order valence-corrected chi connectivity index (χ3v) is 2.38. The molecular formula is C13H27N3O2. The van der Waals surface area contributed by atoms with Gasteiger partial charge >= 0.3 is 0 Å². The Bertz CT molecular complexity index is 300. The van der Waals surface area contributed by atoms with Gasteiger partial charge in [-0.15, -0.1) is 0 Å². The molecule has 0 spiro atoms. The van der Waals surface area contributed by atoms with Crippen LogP contribution in [0.25, 0.3) is 0 Å². The van der Waals surface area contributed by atoms with E-state index in [4.69, 9.17) is 5.73 Å². The maximum Gasteiger partial charge on any atom is 0.237 e. The monoisotopic (exact) mass is 257 g/mol. The number of carbonyl (C=O) groups excluding carboxylic acids is 2. The molecule has 18 heavy (non-hydrogen) atoms. The first-order valence-electron chi connectivity index (χ1n) is 6.28. The van der Waals surface area contributed by atoms with Gasteiger partial charge in [0.2, 0.25) is 11.8 Å². The van der Waals surface area contributed by atoms with Gasteiger partial charge in [0, 0.05) is 18.5 Å². The summed E-state index contributed by atoms with van der Waals surface area (Å²) in [6.45, 7) is 11.8. The molecule has 0 bridgehead atoms. The molecule has 2 amide bonds. The molecule has 5 heteroatoms. The first-order chi connectivity index (χ1) is 7.93. The van der Waals surface area contributed by atoms with Gasteiger partial charge in [0.05, 0.1) is 6.04 Å². The normalized spacial score (nSPS) is 13.9. The molecule has 0 fully saturated rings. The zero-order valence-electron chi connectivity index (χ0n) is 12.4. The maximum atomic E-state index is 11.7. The summed E-state index contributed by atoms with van der Waals surface area (Å²) in [6.07, 6.45) is 0.264. The van der Waals surface area contributed by atoms with Crippen molar-refractivity contribution in [2.75, 3.05) is 6.54 Å². The van der Waals surface area contributed by atoms with Crippen LogP contribution in [0.1, 0.15) is 48.0 Å². The number of amides is 2. The fourth-order valence-electron chi connectivity index (χ4n) is 1.28. The first kappa shape index (κ1) is 16.9. The van der Waals surface area contributed by atoms with Crippen LogP contribution >= 0.6 is 0 Å². The van der Waals surface area contributed by atoms with Crippen molar-refractivity contribution in [3.05, 3.63) is 0 Å². The van der Waals surface area contributed by atoms with Crippen molar-refractivity contribution < 1.29 is 9.59 Å². The summed E-state index contributed by atoms with van der Waals surface area (Å²) >= 11 is 0. The summed E-state index contributed by atoms with van der Waals surface area (Å²) in [5.41, 5.74) is 5.27. The molecule has 4 N–H and O–H groups in total. The number of nitrogens with one attached hydrogen (secondary N) is 2. The lowest BCUT2D eigenvalue weighted by Crippen LogP contribution is -2.49. The summed E-state index contributed by atoms with van der Waals surface area (Å²) in [6, 6.07) is -0.567. The SMILES string of the molecule is CC(C)(C)NC(=O)CCNC(=O)C(N)C(C)(C)C. The fourth-order valence-corrected chi connectivity index (χ4v) is 1.28. The molecule has 0 aliphatic rings. The van der Waals surface area contributed by atoms with Gasteiger partial charge in [-0.25, -0.2) is 0 Å². The van der Waals surface area contributed by atoms with E-state index in [2.05, 4.69) is 10.6 Å². The topological polar surface area (TPSA) is 84.2 Å². The van der Waals surface area contributed by atoms with Crippen molar-refractivity contribution in [2.24, 2.45) is 11.1 Å². The van der Waals surface area contributed by atoms with Gasteiger partial charge in [-0.3, -0.25) is 9.59 Å². The van der Waals surface area contributed by atoms with Crippen LogP contribution in [0.4, 0.5) is 0 Å². The highest BCUT2D eigenvalue weighted by atomic mass is 16.2. The molecule has 0 aromatic rings. The number of hydrogen-bond donors (Lipinski definition) is 3. The quantitative estimate of drug-likeness (QED) is 0.696. The zero-order valence-corrected chi connectivity index (χ0v) is 12.4. The van der Waals surface area contributed by atoms with Crippen LogP contribution < -0.4 is 16.4 Å². The highest BCUT2D eigenvalue weighted by Crippen LogP contribution is 2.16. The predicted molar refractivity (Wildman–Crippen MR) is 73.0 cm³/mol. The van der Waals surface area contributed by atoms with E-state index >= 15 is 0 Å². The Morgan fingerprint density at radius 1 is 1.11 bits per heavy atom. The molecule has 0 saturated carbocycles. The molecule has 0 radical (unpaired) electrons. The van der Waals surface area contributed by atoms with E-state index in [1.54, 1.807) is 0 Å². The van der Waals surface area contributed by atoms with Crippen molar-refractivity contribution in [1.29, 1.82) is 0 Å². The molecule has 1 atom stereocenters. The van der Waals surface area contributed by atoms with Crippen molar-refractivity contribution in [1.82, 2.24) is 10.6 Å². The molecule has 0 aromatic carbocycles. The van der Waals surface area contributed by atoms with E-state index in [1.165, 1.54) is 0 Å². The summed E-state index contributed by atoms with van der Waals surface area (Å²) in [5.74, 6) is -0.293. The van der Waals surface area contributed by atoms with E-state index < -0.39 is 6.04 Å². The number of hydrogen-bond acceptors (Lipinski definition) is 3. The maximum absolute atomic E-state index is 11.7. The second kappa shape index (κ2) is 6.18. The minimum Gasteiger partial charge on any atom is -0.354 e. The lowest BCUT2D eigenvalue weighted by Gasteiger charge is -2.26. The van der Waals surface area contributed by atoms with E-state index in [1.807, 2.05) is 41.5 Å². The minimum absolute atomic E-state index is 0.0767. The molecular weight excluding hydrogens is 230 g/mol. The molecule has 0 aliphatic carbocycles. The molecule has 1 unspecified atom stereocenters. The van der Waals surface area contributed by atoms with Crippen LogP contribution in [0.15, 0.2) is 0 Å². The zero-order chi connectivity index (χ0) is 14.6. The highest BCUT2D eigenvalue weighted by molar-refractivity contribution is 5.83. The van der Waals surface area contributed by atoms with E-state index in [0.717, 1.165) is 0 Å². The Kier molecular flexibility index (Phi) is 5.80. The summed E-state index contributed by atoms with van der Waals surface area (Å²) in [7, 11) is 0. The first-order valence-corrected chi connectivity index (χ1v) is 6.28. The third kappa shape index (κ3) is 7.27. The van der Waals surface area contributed by atoms with Gasteiger partial charge in [-0.05, 0) is 26.2 Å². The molecule has 0 heterocycles. The van der Waals surface area contributed by atoms with Crippen molar-refractivity contribution in [3.63, 3.8) is 0 Å². The van der Waals surface area contributed by atoms with Gasteiger partial charge in [-0.1, -0.05) is 20.8 Å². The van der Waals surface area contributed by atoms with Gasteiger partial charge in [0.1, 0.15) is 0 Å². The average molecular weight is 257 g/mol. The number of nitrogens with two attached hydrogens (primary N) is 1. The Morgan fingerprint density at radius 3 is 2.00 bits per heavy atom. The van der Waals surface area contributed by atoms with Crippen molar-refractivity contribution in [2.45, 2.75) is 59.5 Å². The average Bonchev–Trinajstić information content (AvgIpc) is 2.11. The van der Waals surface area contributed by atoms with Crippen LogP contribution in [0.3, 0.4) is 0 Å². The number of rotatable bonds is 4. The van der Waals surface area contributed by atoms with E-state index in [0.29, 0.717) is 6.54 Å². The Morgan fingerprint density at radius 2 is 1.61 bits per heavy atom. The van der Waals surface area contributed by atoms with Crippen LogP contribution in [0, 0.1) is 5.41 Å². The third-order valence-electron chi connectivity index (χ3n) is 2.38. The smallest absolute Gasteiger partial charge is 0.237 e. The van der Waals surface area contributed by atoms with Crippen LogP contribution in [-0.2, 0) is 9.59 Å². The van der Waals surface area contributed by atoms with Crippen LogP contribution in [-0.4, -0.2) is 29.9 Å². The minimum atomic E-state index is -0.567. The standard InChI is InChI=1S/C13H27N3O2/c1-12(2,3)10(14)11(18)15-8-7-9(17)16-13(4,5)6/h10H,7-8,14H2,1-6H3,(H,15,18)(H,16,17). The second-order valence-corrected chi connectivity index (χ2v) is 6.68. The van der Waals surface area contributed by atoms with Crippen molar-refractivity contribution >= 4 is 11.8 Å². The summed E-state index contributed by atoms with van der Waals surface area (Å²) in [5, 5.41) is 5.51. The summed E-state index contributed by atoms with van der Waals surface area (Å²) in [4.78, 5) is 23.2. The largest absolute Gasteiger partial charge is 0.354 e. The van der Waals surface area contributed by atoms with Gasteiger partial charge < -0.3 is 16.4 Å². The lowest BCUT2D eigenvalue weighted by atomic mass is 9.87. The lowest BCUT2D eigenvalue weighted by molar-refractivity contribution is -0.125.